The van der Waals surface area contributed by atoms with Gasteiger partial charge in [-0.2, -0.15) is 0 Å². The molecule has 0 saturated carbocycles. The summed E-state index contributed by atoms with van der Waals surface area (Å²) in [6.07, 6.45) is 6.36. The highest BCUT2D eigenvalue weighted by Crippen LogP contribution is 2.26. The van der Waals surface area contributed by atoms with Crippen LogP contribution in [0.15, 0.2) is 10.6 Å². The zero-order chi connectivity index (χ0) is 18.8. The van der Waals surface area contributed by atoms with Gasteiger partial charge >= 0.3 is 0 Å². The maximum absolute atomic E-state index is 12.8. The number of nitrogens with zero attached hydrogens (tertiary/aromatic N) is 4. The summed E-state index contributed by atoms with van der Waals surface area (Å²) in [7, 11) is 0. The van der Waals surface area contributed by atoms with Crippen molar-refractivity contribution in [1.29, 1.82) is 0 Å². The first-order valence-corrected chi connectivity index (χ1v) is 10.4. The molecule has 7 nitrogen and oxygen atoms in total. The second-order valence-corrected chi connectivity index (χ2v) is 8.21. The van der Waals surface area contributed by atoms with Crippen LogP contribution >= 0.6 is 0 Å². The Kier molecular flexibility index (Phi) is 5.48. The lowest BCUT2D eigenvalue weighted by Gasteiger charge is -2.42. The summed E-state index contributed by atoms with van der Waals surface area (Å²) in [6.45, 7) is 7.13. The first-order chi connectivity index (χ1) is 13.1. The van der Waals surface area contributed by atoms with Gasteiger partial charge in [0, 0.05) is 44.8 Å². The number of amides is 2. The van der Waals surface area contributed by atoms with E-state index >= 15 is 0 Å². The van der Waals surface area contributed by atoms with Gasteiger partial charge in [0.2, 0.25) is 5.91 Å². The summed E-state index contributed by atoms with van der Waals surface area (Å²) in [6, 6.07) is 2.18. The molecular weight excluding hydrogens is 344 g/mol. The SMILES string of the molecule is Cc1cc(C(=O)N2CCC(N3CCCC(C(=O)N4CCCC4)C3)CC2)no1. The minimum absolute atomic E-state index is 0.0361. The molecule has 3 aliphatic rings. The number of rotatable bonds is 3. The smallest absolute Gasteiger partial charge is 0.276 e. The molecule has 7 heteroatoms. The van der Waals surface area contributed by atoms with E-state index in [1.54, 1.807) is 13.0 Å². The number of carbonyl (C=O) groups excluding carboxylic acids is 2. The molecule has 0 bridgehead atoms. The Balaban J connectivity index is 1.30. The van der Waals surface area contributed by atoms with E-state index in [1.165, 1.54) is 0 Å². The first kappa shape index (κ1) is 18.5. The van der Waals surface area contributed by atoms with Crippen molar-refractivity contribution in [3.63, 3.8) is 0 Å². The summed E-state index contributed by atoms with van der Waals surface area (Å²) in [5.41, 5.74) is 0.403. The number of aryl methyl sites for hydroxylation is 1. The quantitative estimate of drug-likeness (QED) is 0.808. The van der Waals surface area contributed by atoms with Gasteiger partial charge in [-0.1, -0.05) is 5.16 Å². The molecule has 2 amide bonds. The summed E-state index contributed by atoms with van der Waals surface area (Å²) in [5.74, 6) is 1.15. The molecule has 1 aromatic heterocycles. The van der Waals surface area contributed by atoms with Gasteiger partial charge in [0.1, 0.15) is 5.76 Å². The second kappa shape index (κ2) is 8.00. The Hall–Kier alpha value is -1.89. The predicted molar refractivity (Wildman–Crippen MR) is 100 cm³/mol. The van der Waals surface area contributed by atoms with E-state index in [1.807, 2.05) is 4.90 Å². The fraction of sp³-hybridized carbons (Fsp3) is 0.750. The van der Waals surface area contributed by atoms with E-state index in [9.17, 15) is 9.59 Å². The summed E-state index contributed by atoms with van der Waals surface area (Å²) >= 11 is 0. The lowest BCUT2D eigenvalue weighted by Crippen LogP contribution is -2.51. The van der Waals surface area contributed by atoms with Gasteiger partial charge in [-0.25, -0.2) is 0 Å². The molecule has 1 aromatic rings. The zero-order valence-electron chi connectivity index (χ0n) is 16.2. The van der Waals surface area contributed by atoms with Gasteiger partial charge < -0.3 is 14.3 Å². The van der Waals surface area contributed by atoms with Crippen molar-refractivity contribution < 1.29 is 14.1 Å². The monoisotopic (exact) mass is 374 g/mol. The average molecular weight is 374 g/mol. The van der Waals surface area contributed by atoms with Crippen LogP contribution in [0.3, 0.4) is 0 Å². The minimum Gasteiger partial charge on any atom is -0.361 e. The van der Waals surface area contributed by atoms with E-state index in [0.29, 0.717) is 23.4 Å². The number of carbonyl (C=O) groups is 2. The summed E-state index contributed by atoms with van der Waals surface area (Å²) < 4.78 is 5.03. The Morgan fingerprint density at radius 3 is 2.41 bits per heavy atom. The van der Waals surface area contributed by atoms with E-state index < -0.39 is 0 Å². The molecule has 3 fully saturated rings. The van der Waals surface area contributed by atoms with E-state index in [0.717, 1.165) is 77.8 Å². The van der Waals surface area contributed by atoms with Crippen molar-refractivity contribution in [3.8, 4) is 0 Å². The van der Waals surface area contributed by atoms with Crippen LogP contribution in [0.5, 0.6) is 0 Å². The maximum atomic E-state index is 12.8. The molecule has 4 heterocycles. The molecule has 4 rings (SSSR count). The highest BCUT2D eigenvalue weighted by Gasteiger charge is 2.35. The minimum atomic E-state index is -0.0361. The van der Waals surface area contributed by atoms with E-state index in [2.05, 4.69) is 15.0 Å². The molecule has 0 radical (unpaired) electrons. The average Bonchev–Trinajstić information content (AvgIpc) is 3.39. The van der Waals surface area contributed by atoms with Crippen LogP contribution in [-0.4, -0.2) is 77.0 Å². The third-order valence-electron chi connectivity index (χ3n) is 6.33. The van der Waals surface area contributed by atoms with Crippen LogP contribution in [-0.2, 0) is 4.79 Å². The van der Waals surface area contributed by atoms with Crippen molar-refractivity contribution in [2.45, 2.75) is 51.5 Å². The fourth-order valence-corrected chi connectivity index (χ4v) is 4.80. The van der Waals surface area contributed by atoms with Crippen molar-refractivity contribution in [1.82, 2.24) is 19.9 Å². The molecule has 0 spiro atoms. The molecule has 0 aliphatic carbocycles. The van der Waals surface area contributed by atoms with Gasteiger partial charge in [-0.3, -0.25) is 14.5 Å². The third-order valence-corrected chi connectivity index (χ3v) is 6.33. The van der Waals surface area contributed by atoms with Crippen LogP contribution in [0.25, 0.3) is 0 Å². The molecule has 148 valence electrons. The Bertz CT molecular complexity index is 675. The molecular formula is C20H30N4O3. The second-order valence-electron chi connectivity index (χ2n) is 8.21. The van der Waals surface area contributed by atoms with E-state index in [-0.39, 0.29) is 11.8 Å². The molecule has 27 heavy (non-hydrogen) atoms. The standard InChI is InChI=1S/C20H30N4O3/c1-15-13-18(21-27-15)20(26)23-11-6-17(7-12-23)24-10-4-5-16(14-24)19(25)22-8-2-3-9-22/h13,16-17H,2-12,14H2,1H3. The van der Waals surface area contributed by atoms with Crippen LogP contribution in [0, 0.1) is 12.8 Å². The molecule has 1 unspecified atom stereocenters. The number of likely N-dealkylation sites (tertiary alicyclic amines) is 3. The molecule has 3 aliphatic heterocycles. The molecule has 0 N–H and O–H groups in total. The van der Waals surface area contributed by atoms with Crippen LogP contribution < -0.4 is 0 Å². The summed E-state index contributed by atoms with van der Waals surface area (Å²) in [4.78, 5) is 31.7. The number of hydrogen-bond acceptors (Lipinski definition) is 5. The van der Waals surface area contributed by atoms with Gasteiger partial charge in [0.15, 0.2) is 5.69 Å². The lowest BCUT2D eigenvalue weighted by molar-refractivity contribution is -0.136. The summed E-state index contributed by atoms with van der Waals surface area (Å²) in [5, 5.41) is 3.85. The first-order valence-electron chi connectivity index (χ1n) is 10.4. The number of aromatic nitrogens is 1. The van der Waals surface area contributed by atoms with Crippen LogP contribution in [0.1, 0.15) is 54.8 Å². The third kappa shape index (κ3) is 4.03. The topological polar surface area (TPSA) is 69.9 Å². The van der Waals surface area contributed by atoms with Crippen molar-refractivity contribution in [3.05, 3.63) is 17.5 Å². The molecule has 0 aromatic carbocycles. The molecule has 3 saturated heterocycles. The highest BCUT2D eigenvalue weighted by molar-refractivity contribution is 5.92. The van der Waals surface area contributed by atoms with Gasteiger partial charge in [-0.15, -0.1) is 0 Å². The Labute approximate surface area is 160 Å². The number of piperidine rings is 2. The Morgan fingerprint density at radius 2 is 1.74 bits per heavy atom. The van der Waals surface area contributed by atoms with Crippen molar-refractivity contribution in [2.75, 3.05) is 39.3 Å². The lowest BCUT2D eigenvalue weighted by atomic mass is 9.93. The van der Waals surface area contributed by atoms with Gasteiger partial charge in [0.25, 0.3) is 5.91 Å². The van der Waals surface area contributed by atoms with Crippen molar-refractivity contribution >= 4 is 11.8 Å². The van der Waals surface area contributed by atoms with Crippen LogP contribution in [0.4, 0.5) is 0 Å². The maximum Gasteiger partial charge on any atom is 0.276 e. The van der Waals surface area contributed by atoms with Gasteiger partial charge in [0.05, 0.1) is 5.92 Å². The number of hydrogen-bond donors (Lipinski definition) is 0. The van der Waals surface area contributed by atoms with Crippen LogP contribution in [0.2, 0.25) is 0 Å². The van der Waals surface area contributed by atoms with Crippen molar-refractivity contribution in [2.24, 2.45) is 5.92 Å². The normalized spacial score (nSPS) is 25.1. The zero-order valence-corrected chi connectivity index (χ0v) is 16.2. The fourth-order valence-electron chi connectivity index (χ4n) is 4.80. The highest BCUT2D eigenvalue weighted by atomic mass is 16.5. The Morgan fingerprint density at radius 1 is 1.00 bits per heavy atom. The molecule has 1 atom stereocenters. The predicted octanol–water partition coefficient (Wildman–Crippen LogP) is 1.92. The largest absolute Gasteiger partial charge is 0.361 e. The van der Waals surface area contributed by atoms with Gasteiger partial charge in [-0.05, 0) is 52.0 Å². The van der Waals surface area contributed by atoms with E-state index in [4.69, 9.17) is 4.52 Å².